The number of hydrogen-bond acceptors (Lipinski definition) is 8. The summed E-state index contributed by atoms with van der Waals surface area (Å²) >= 11 is 4.63. The topological polar surface area (TPSA) is 81.9 Å². The number of halogens is 4. The average Bonchev–Trinajstić information content (AvgIpc) is 3.14. The van der Waals surface area contributed by atoms with Gasteiger partial charge in [0, 0.05) is 31.4 Å². The van der Waals surface area contributed by atoms with Crippen molar-refractivity contribution < 1.29 is 31.8 Å². The fourth-order valence-electron chi connectivity index (χ4n) is 5.30. The van der Waals surface area contributed by atoms with Crippen LogP contribution in [0, 0.1) is 17.1 Å². The predicted octanol–water partition coefficient (Wildman–Crippen LogP) is 4.20. The van der Waals surface area contributed by atoms with Gasteiger partial charge in [0.15, 0.2) is 22.8 Å². The van der Waals surface area contributed by atoms with Gasteiger partial charge in [-0.25, -0.2) is 9.37 Å². The van der Waals surface area contributed by atoms with Gasteiger partial charge >= 0.3 is 6.18 Å². The van der Waals surface area contributed by atoms with Crippen LogP contribution in [0.25, 0.3) is 0 Å². The second kappa shape index (κ2) is 10.8. The molecule has 3 aliphatic rings. The number of thiol groups is 1. The Balaban J connectivity index is 1.39. The van der Waals surface area contributed by atoms with Crippen molar-refractivity contribution in [2.75, 3.05) is 49.3 Å². The number of nitriles is 1. The Morgan fingerprint density at radius 2 is 1.95 bits per heavy atom. The van der Waals surface area contributed by atoms with E-state index in [9.17, 15) is 22.4 Å². The number of rotatable bonds is 7. The van der Waals surface area contributed by atoms with Crippen molar-refractivity contribution in [1.29, 1.82) is 5.26 Å². The van der Waals surface area contributed by atoms with Crippen molar-refractivity contribution in [3.05, 3.63) is 47.5 Å². The molecule has 1 aromatic carbocycles. The smallest absolute Gasteiger partial charge is 0.419 e. The van der Waals surface area contributed by atoms with Crippen LogP contribution < -0.4 is 14.5 Å². The van der Waals surface area contributed by atoms with Gasteiger partial charge in [-0.3, -0.25) is 14.6 Å². The lowest BCUT2D eigenvalue weighted by Gasteiger charge is -2.44. The number of morpholine rings is 1. The summed E-state index contributed by atoms with van der Waals surface area (Å²) in [4.78, 5) is 22.4. The van der Waals surface area contributed by atoms with E-state index in [1.807, 2.05) is 0 Å². The van der Waals surface area contributed by atoms with E-state index in [-0.39, 0.29) is 18.0 Å². The maximum Gasteiger partial charge on any atom is 0.419 e. The van der Waals surface area contributed by atoms with E-state index in [4.69, 9.17) is 14.7 Å². The number of aromatic nitrogens is 1. The molecule has 2 aromatic rings. The SMILES string of the molecule is N#Cc1ncc(N2C(=O)C3(CCC3)N(c3ccc(F)c(OCCCN4CCOCC4)c3)C2S)cc1C(F)(F)F. The molecule has 1 spiro atoms. The fraction of sp³-hybridized carbons (Fsp3) is 0.500. The molecule has 1 unspecified atom stereocenters. The lowest BCUT2D eigenvalue weighted by atomic mass is 9.75. The van der Waals surface area contributed by atoms with Crippen LogP contribution in [0.4, 0.5) is 28.9 Å². The van der Waals surface area contributed by atoms with Gasteiger partial charge in [0.05, 0.1) is 37.3 Å². The van der Waals surface area contributed by atoms with E-state index >= 15 is 0 Å². The largest absolute Gasteiger partial charge is 0.490 e. The maximum atomic E-state index is 14.7. The highest BCUT2D eigenvalue weighted by molar-refractivity contribution is 7.81. The Labute approximate surface area is 228 Å². The summed E-state index contributed by atoms with van der Waals surface area (Å²) in [6, 6.07) is 6.45. The summed E-state index contributed by atoms with van der Waals surface area (Å²) < 4.78 is 66.6. The number of ether oxygens (including phenoxy) is 2. The van der Waals surface area contributed by atoms with Crippen LogP contribution >= 0.6 is 12.6 Å². The maximum absolute atomic E-state index is 14.7. The van der Waals surface area contributed by atoms with Gasteiger partial charge in [-0.05, 0) is 43.9 Å². The van der Waals surface area contributed by atoms with E-state index in [1.54, 1.807) is 4.90 Å². The third-order valence-corrected chi connectivity index (χ3v) is 7.92. The Bertz CT molecular complexity index is 1280. The molecule has 5 rings (SSSR count). The Morgan fingerprint density at radius 3 is 2.59 bits per heavy atom. The number of amides is 1. The highest BCUT2D eigenvalue weighted by Crippen LogP contribution is 2.51. The Kier molecular flexibility index (Phi) is 7.63. The molecule has 208 valence electrons. The van der Waals surface area contributed by atoms with E-state index in [0.29, 0.717) is 38.2 Å². The molecule has 1 atom stereocenters. The van der Waals surface area contributed by atoms with Crippen molar-refractivity contribution in [3.8, 4) is 11.8 Å². The van der Waals surface area contributed by atoms with Gasteiger partial charge in [0.25, 0.3) is 5.91 Å². The van der Waals surface area contributed by atoms with Crippen molar-refractivity contribution in [1.82, 2.24) is 9.88 Å². The van der Waals surface area contributed by atoms with Crippen molar-refractivity contribution in [2.24, 2.45) is 0 Å². The van der Waals surface area contributed by atoms with Crippen LogP contribution in [0.1, 0.15) is 36.9 Å². The highest BCUT2D eigenvalue weighted by Gasteiger charge is 2.60. The number of alkyl halides is 3. The number of carbonyl (C=O) groups is 1. The highest BCUT2D eigenvalue weighted by atomic mass is 32.1. The lowest BCUT2D eigenvalue weighted by Crippen LogP contribution is -2.55. The first-order valence-corrected chi connectivity index (χ1v) is 13.2. The Morgan fingerprint density at radius 1 is 1.21 bits per heavy atom. The molecule has 1 saturated carbocycles. The van der Waals surface area contributed by atoms with Crippen LogP contribution in [0.3, 0.4) is 0 Å². The minimum absolute atomic E-state index is 0.0229. The Hall–Kier alpha value is -3.08. The first-order valence-electron chi connectivity index (χ1n) is 12.7. The number of hydrogen-bond donors (Lipinski definition) is 1. The molecule has 13 heteroatoms. The van der Waals surface area contributed by atoms with Gasteiger partial charge in [-0.1, -0.05) is 0 Å². The third kappa shape index (κ3) is 5.13. The number of nitrogens with zero attached hydrogens (tertiary/aromatic N) is 5. The zero-order chi connectivity index (χ0) is 27.8. The summed E-state index contributed by atoms with van der Waals surface area (Å²) in [5, 5.41) is 9.09. The van der Waals surface area contributed by atoms with Crippen LogP contribution in [-0.4, -0.2) is 66.3 Å². The van der Waals surface area contributed by atoms with E-state index < -0.39 is 40.2 Å². The number of benzene rings is 1. The molecular formula is C26H27F4N5O3S. The van der Waals surface area contributed by atoms with Crippen molar-refractivity contribution in [3.63, 3.8) is 0 Å². The van der Waals surface area contributed by atoms with E-state index in [2.05, 4.69) is 22.5 Å². The van der Waals surface area contributed by atoms with Gasteiger partial charge < -0.3 is 14.4 Å². The summed E-state index contributed by atoms with van der Waals surface area (Å²) in [7, 11) is 0. The summed E-state index contributed by atoms with van der Waals surface area (Å²) in [6.07, 6.45) is -1.42. The third-order valence-electron chi connectivity index (χ3n) is 7.46. The van der Waals surface area contributed by atoms with Gasteiger partial charge in [-0.15, -0.1) is 12.6 Å². The number of anilines is 2. The lowest BCUT2D eigenvalue weighted by molar-refractivity contribution is -0.138. The van der Waals surface area contributed by atoms with E-state index in [1.165, 1.54) is 24.3 Å². The van der Waals surface area contributed by atoms with Gasteiger partial charge in [0.1, 0.15) is 11.6 Å². The van der Waals surface area contributed by atoms with Crippen molar-refractivity contribution in [2.45, 2.75) is 42.9 Å². The van der Waals surface area contributed by atoms with Crippen LogP contribution in [0.15, 0.2) is 30.5 Å². The molecule has 0 radical (unpaired) electrons. The quantitative estimate of drug-likeness (QED) is 0.306. The summed E-state index contributed by atoms with van der Waals surface area (Å²) in [5.74, 6) is -0.961. The summed E-state index contributed by atoms with van der Waals surface area (Å²) in [6.45, 7) is 4.13. The normalized spacial score (nSPS) is 21.2. The van der Waals surface area contributed by atoms with Gasteiger partial charge in [-0.2, -0.15) is 18.4 Å². The summed E-state index contributed by atoms with van der Waals surface area (Å²) in [5.41, 5.74) is -3.70. The van der Waals surface area contributed by atoms with Crippen LogP contribution in [0.2, 0.25) is 0 Å². The monoisotopic (exact) mass is 565 g/mol. The molecule has 1 aromatic heterocycles. The fourth-order valence-corrected chi connectivity index (χ4v) is 5.90. The molecule has 3 heterocycles. The minimum Gasteiger partial charge on any atom is -0.490 e. The molecule has 0 N–H and O–H groups in total. The second-order valence-electron chi connectivity index (χ2n) is 9.75. The number of pyridine rings is 1. The molecule has 1 aliphatic carbocycles. The molecule has 2 saturated heterocycles. The zero-order valence-corrected chi connectivity index (χ0v) is 21.8. The molecule has 2 aliphatic heterocycles. The molecule has 39 heavy (non-hydrogen) atoms. The molecule has 8 nitrogen and oxygen atoms in total. The standard InChI is InChI=1S/C26H27F4N5O3S/c27-20-4-3-17(14-22(20)38-10-2-7-33-8-11-37-12-9-33)35-24(39)34(23(36)25(35)5-1-6-25)18-13-19(26(28,29)30)21(15-31)32-16-18/h3-4,13-14,16,24,39H,1-2,5-12H2. The molecule has 1 amide bonds. The minimum atomic E-state index is -4.83. The average molecular weight is 566 g/mol. The first-order chi connectivity index (χ1) is 18.7. The first kappa shape index (κ1) is 27.5. The van der Waals surface area contributed by atoms with Crippen LogP contribution in [-0.2, 0) is 15.7 Å². The molecule has 3 fully saturated rings. The van der Waals surface area contributed by atoms with E-state index in [0.717, 1.165) is 43.2 Å². The predicted molar refractivity (Wildman–Crippen MR) is 137 cm³/mol. The van der Waals surface area contributed by atoms with Crippen LogP contribution in [0.5, 0.6) is 5.75 Å². The molecule has 0 bridgehead atoms. The second-order valence-corrected chi connectivity index (χ2v) is 10.2. The molecular weight excluding hydrogens is 538 g/mol. The van der Waals surface area contributed by atoms with Crippen molar-refractivity contribution >= 4 is 29.9 Å². The van der Waals surface area contributed by atoms with Gasteiger partial charge in [0.2, 0.25) is 0 Å². The number of carbonyl (C=O) groups excluding carboxylic acids is 1. The zero-order valence-electron chi connectivity index (χ0n) is 21.0.